The van der Waals surface area contributed by atoms with Gasteiger partial charge in [0.15, 0.2) is 6.10 Å². The Bertz CT molecular complexity index is 357. The molecule has 1 fully saturated rings. The molecule has 0 spiro atoms. The molecular formula is C12H19BrF3NO3. The summed E-state index contributed by atoms with van der Waals surface area (Å²) < 4.78 is 47.5. The highest BCUT2D eigenvalue weighted by atomic mass is 79.9. The van der Waals surface area contributed by atoms with E-state index < -0.39 is 30.1 Å². The number of hydrogen-bond acceptors (Lipinski definition) is 3. The number of alkyl halides is 4. The van der Waals surface area contributed by atoms with Crippen molar-refractivity contribution in [3.05, 3.63) is 0 Å². The molecule has 3 unspecified atom stereocenters. The predicted octanol–water partition coefficient (Wildman–Crippen LogP) is 3.34. The zero-order valence-corrected chi connectivity index (χ0v) is 13.4. The Hall–Kier alpha value is -0.500. The fourth-order valence-corrected chi connectivity index (χ4v) is 2.32. The van der Waals surface area contributed by atoms with Gasteiger partial charge >= 0.3 is 12.3 Å². The molecule has 1 aliphatic heterocycles. The summed E-state index contributed by atoms with van der Waals surface area (Å²) in [6.45, 7) is 6.47. The number of likely N-dealkylation sites (tertiary alicyclic amines) is 1. The zero-order valence-electron chi connectivity index (χ0n) is 11.8. The third kappa shape index (κ3) is 5.12. The van der Waals surface area contributed by atoms with E-state index in [0.717, 1.165) is 6.92 Å². The first-order chi connectivity index (χ1) is 8.90. The molecule has 1 aliphatic rings. The lowest BCUT2D eigenvalue weighted by molar-refractivity contribution is -0.224. The first-order valence-electron chi connectivity index (χ1n) is 6.24. The summed E-state index contributed by atoms with van der Waals surface area (Å²) in [5.74, 6) is 0. The van der Waals surface area contributed by atoms with Crippen LogP contribution in [0.15, 0.2) is 0 Å². The van der Waals surface area contributed by atoms with E-state index in [1.807, 2.05) is 0 Å². The number of ether oxygens (including phenoxy) is 2. The third-order valence-electron chi connectivity index (χ3n) is 2.69. The SMILES string of the molecule is CC(OC1CN(C(=O)OC(C)(C)C)CC1Br)C(F)(F)F. The largest absolute Gasteiger partial charge is 0.444 e. The van der Waals surface area contributed by atoms with Crippen molar-refractivity contribution in [3.63, 3.8) is 0 Å². The fraction of sp³-hybridized carbons (Fsp3) is 0.917. The third-order valence-corrected chi connectivity index (χ3v) is 3.57. The standard InChI is InChI=1S/C12H19BrF3NO3/c1-7(12(14,15)16)19-9-6-17(5-8(9)13)10(18)20-11(2,3)4/h7-9H,5-6H2,1-4H3. The molecule has 20 heavy (non-hydrogen) atoms. The van der Waals surface area contributed by atoms with Crippen LogP contribution in [-0.4, -0.2) is 52.9 Å². The average Bonchev–Trinajstić information content (AvgIpc) is 2.56. The Morgan fingerprint density at radius 2 is 1.85 bits per heavy atom. The highest BCUT2D eigenvalue weighted by Crippen LogP contribution is 2.28. The van der Waals surface area contributed by atoms with Gasteiger partial charge in [0, 0.05) is 6.54 Å². The molecule has 4 nitrogen and oxygen atoms in total. The molecule has 0 bridgehead atoms. The van der Waals surface area contributed by atoms with Gasteiger partial charge in [0.2, 0.25) is 0 Å². The maximum atomic E-state index is 12.5. The fourth-order valence-electron chi connectivity index (χ4n) is 1.68. The molecule has 1 rings (SSSR count). The summed E-state index contributed by atoms with van der Waals surface area (Å²) in [4.78, 5) is 12.8. The number of rotatable bonds is 2. The number of hydrogen-bond donors (Lipinski definition) is 0. The van der Waals surface area contributed by atoms with Gasteiger partial charge < -0.3 is 14.4 Å². The summed E-state index contributed by atoms with van der Waals surface area (Å²) in [5.41, 5.74) is -0.642. The maximum Gasteiger partial charge on any atom is 0.414 e. The van der Waals surface area contributed by atoms with Gasteiger partial charge in [0.1, 0.15) is 5.60 Å². The van der Waals surface area contributed by atoms with Gasteiger partial charge in [-0.05, 0) is 27.7 Å². The van der Waals surface area contributed by atoms with Gasteiger partial charge in [-0.1, -0.05) is 15.9 Å². The molecule has 1 amide bonds. The van der Waals surface area contributed by atoms with Crippen molar-refractivity contribution in [1.29, 1.82) is 0 Å². The van der Waals surface area contributed by atoms with E-state index >= 15 is 0 Å². The van der Waals surface area contributed by atoms with Gasteiger partial charge in [0.25, 0.3) is 0 Å². The normalized spacial score (nSPS) is 25.7. The molecule has 0 aromatic carbocycles. The lowest BCUT2D eigenvalue weighted by atomic mass is 10.2. The highest BCUT2D eigenvalue weighted by molar-refractivity contribution is 9.09. The monoisotopic (exact) mass is 361 g/mol. The van der Waals surface area contributed by atoms with Crippen molar-refractivity contribution in [1.82, 2.24) is 4.90 Å². The minimum Gasteiger partial charge on any atom is -0.444 e. The summed E-state index contributed by atoms with van der Waals surface area (Å²) >= 11 is 3.25. The van der Waals surface area contributed by atoms with Crippen LogP contribution in [0.4, 0.5) is 18.0 Å². The Labute approximate surface area is 124 Å². The minimum absolute atomic E-state index is 0.0747. The number of carbonyl (C=O) groups is 1. The summed E-state index contributed by atoms with van der Waals surface area (Å²) in [6.07, 6.45) is -7.54. The minimum atomic E-state index is -4.41. The first-order valence-corrected chi connectivity index (χ1v) is 7.16. The summed E-state index contributed by atoms with van der Waals surface area (Å²) in [6, 6.07) is 0. The molecule has 0 radical (unpaired) electrons. The predicted molar refractivity (Wildman–Crippen MR) is 70.9 cm³/mol. The molecule has 0 N–H and O–H groups in total. The second kappa shape index (κ2) is 6.09. The smallest absolute Gasteiger partial charge is 0.414 e. The van der Waals surface area contributed by atoms with E-state index in [0.29, 0.717) is 0 Å². The van der Waals surface area contributed by atoms with Crippen molar-refractivity contribution < 1.29 is 27.4 Å². The van der Waals surface area contributed by atoms with E-state index in [9.17, 15) is 18.0 Å². The van der Waals surface area contributed by atoms with E-state index in [1.54, 1.807) is 20.8 Å². The van der Waals surface area contributed by atoms with Crippen molar-refractivity contribution in [2.75, 3.05) is 13.1 Å². The molecule has 1 heterocycles. The first kappa shape index (κ1) is 17.6. The van der Waals surface area contributed by atoms with Crippen LogP contribution in [0.1, 0.15) is 27.7 Å². The molecule has 1 saturated heterocycles. The maximum absolute atomic E-state index is 12.5. The van der Waals surface area contributed by atoms with Crippen molar-refractivity contribution in [2.24, 2.45) is 0 Å². The Balaban J connectivity index is 2.57. The van der Waals surface area contributed by atoms with Crippen LogP contribution in [0.2, 0.25) is 0 Å². The highest BCUT2D eigenvalue weighted by Gasteiger charge is 2.43. The summed E-state index contributed by atoms with van der Waals surface area (Å²) in [5, 5.41) is 0. The number of halogens is 4. The van der Waals surface area contributed by atoms with Crippen LogP contribution in [0.25, 0.3) is 0 Å². The second-order valence-electron chi connectivity index (χ2n) is 5.76. The molecular weight excluding hydrogens is 343 g/mol. The van der Waals surface area contributed by atoms with Crippen molar-refractivity contribution >= 4 is 22.0 Å². The van der Waals surface area contributed by atoms with Crippen LogP contribution < -0.4 is 0 Å². The van der Waals surface area contributed by atoms with Crippen LogP contribution in [0.3, 0.4) is 0 Å². The zero-order chi connectivity index (χ0) is 15.7. The molecule has 3 atom stereocenters. The van der Waals surface area contributed by atoms with Gasteiger partial charge in [-0.2, -0.15) is 13.2 Å². The van der Waals surface area contributed by atoms with Crippen LogP contribution in [0.5, 0.6) is 0 Å². The molecule has 0 aromatic heterocycles. The molecule has 0 aromatic rings. The number of amides is 1. The Kier molecular flexibility index (Phi) is 5.34. The van der Waals surface area contributed by atoms with E-state index in [-0.39, 0.29) is 17.9 Å². The quantitative estimate of drug-likeness (QED) is 0.708. The summed E-state index contributed by atoms with van der Waals surface area (Å²) in [7, 11) is 0. The molecule has 8 heteroatoms. The van der Waals surface area contributed by atoms with Crippen molar-refractivity contribution in [3.8, 4) is 0 Å². The molecule has 0 aliphatic carbocycles. The van der Waals surface area contributed by atoms with Gasteiger partial charge in [-0.3, -0.25) is 0 Å². The molecule has 118 valence electrons. The van der Waals surface area contributed by atoms with Crippen molar-refractivity contribution in [2.45, 2.75) is 56.5 Å². The van der Waals surface area contributed by atoms with Gasteiger partial charge in [-0.25, -0.2) is 4.79 Å². The second-order valence-corrected chi connectivity index (χ2v) is 6.94. The number of nitrogens with zero attached hydrogens (tertiary/aromatic N) is 1. The van der Waals surface area contributed by atoms with E-state index in [1.165, 1.54) is 4.90 Å². The van der Waals surface area contributed by atoms with Crippen LogP contribution >= 0.6 is 15.9 Å². The number of carbonyl (C=O) groups excluding carboxylic acids is 1. The lowest BCUT2D eigenvalue weighted by Gasteiger charge is -2.25. The lowest BCUT2D eigenvalue weighted by Crippen LogP contribution is -2.38. The van der Waals surface area contributed by atoms with Crippen LogP contribution in [-0.2, 0) is 9.47 Å². The Morgan fingerprint density at radius 1 is 1.30 bits per heavy atom. The van der Waals surface area contributed by atoms with Crippen LogP contribution in [0, 0.1) is 0 Å². The van der Waals surface area contributed by atoms with Gasteiger partial charge in [0.05, 0.1) is 17.5 Å². The topological polar surface area (TPSA) is 38.8 Å². The average molecular weight is 362 g/mol. The van der Waals surface area contributed by atoms with Gasteiger partial charge in [-0.15, -0.1) is 0 Å². The van der Waals surface area contributed by atoms with E-state index in [4.69, 9.17) is 9.47 Å². The van der Waals surface area contributed by atoms with E-state index in [2.05, 4.69) is 15.9 Å². The Morgan fingerprint density at radius 3 is 2.30 bits per heavy atom. The molecule has 0 saturated carbocycles.